The van der Waals surface area contributed by atoms with Crippen LogP contribution in [0, 0.1) is 12.8 Å². The molecule has 0 fully saturated rings. The van der Waals surface area contributed by atoms with Crippen LogP contribution in [0.1, 0.15) is 26.0 Å². The molecule has 0 N–H and O–H groups in total. The van der Waals surface area contributed by atoms with Crippen LogP contribution in [0.5, 0.6) is 0 Å². The smallest absolute Gasteiger partial charge is 0.0492 e. The zero-order valence-corrected chi connectivity index (χ0v) is 7.54. The van der Waals surface area contributed by atoms with E-state index in [9.17, 15) is 0 Å². The molecule has 0 aliphatic rings. The molecule has 2 nitrogen and oxygen atoms in total. The molecule has 0 aliphatic carbocycles. The van der Waals surface area contributed by atoms with Gasteiger partial charge >= 0.3 is 0 Å². The predicted octanol–water partition coefficient (Wildman–Crippen LogP) is 2.24. The highest BCUT2D eigenvalue weighted by Gasteiger charge is 2.01. The van der Waals surface area contributed by atoms with Crippen molar-refractivity contribution in [2.45, 2.75) is 33.7 Å². The first-order valence-electron chi connectivity index (χ1n) is 4.22. The van der Waals surface area contributed by atoms with Gasteiger partial charge in [0.25, 0.3) is 0 Å². The van der Waals surface area contributed by atoms with Crippen LogP contribution in [0.2, 0.25) is 0 Å². The van der Waals surface area contributed by atoms with Crippen LogP contribution < -0.4 is 0 Å². The predicted molar refractivity (Wildman–Crippen MR) is 46.4 cm³/mol. The summed E-state index contributed by atoms with van der Waals surface area (Å²) in [5.74, 6) is 0.730. The summed E-state index contributed by atoms with van der Waals surface area (Å²) in [7, 11) is 0. The Labute approximate surface area is 68.2 Å². The van der Waals surface area contributed by atoms with Crippen LogP contribution >= 0.6 is 0 Å². The Morgan fingerprint density at radius 1 is 1.64 bits per heavy atom. The maximum absolute atomic E-state index is 4.22. The van der Waals surface area contributed by atoms with Gasteiger partial charge in [0.1, 0.15) is 0 Å². The lowest BCUT2D eigenvalue weighted by atomic mass is 10.1. The zero-order valence-electron chi connectivity index (χ0n) is 7.54. The molecule has 0 radical (unpaired) electrons. The van der Waals surface area contributed by atoms with E-state index in [0.717, 1.165) is 12.5 Å². The van der Waals surface area contributed by atoms with Gasteiger partial charge in [-0.25, -0.2) is 0 Å². The second-order valence-electron chi connectivity index (χ2n) is 3.17. The summed E-state index contributed by atoms with van der Waals surface area (Å²) in [6.45, 7) is 7.61. The van der Waals surface area contributed by atoms with E-state index in [1.165, 1.54) is 12.1 Å². The van der Waals surface area contributed by atoms with E-state index >= 15 is 0 Å². The zero-order chi connectivity index (χ0) is 8.27. The fourth-order valence-corrected chi connectivity index (χ4v) is 1.01. The molecule has 0 amide bonds. The standard InChI is InChI=1S/C9H16N2/c1-4-8(2)7-11-9(3)5-6-10-11/h5-6,8H,4,7H2,1-3H3. The molecule has 0 saturated heterocycles. The Balaban J connectivity index is 2.56. The number of aromatic nitrogens is 2. The Kier molecular flexibility index (Phi) is 2.69. The molecule has 0 spiro atoms. The lowest BCUT2D eigenvalue weighted by Crippen LogP contribution is -2.09. The third-order valence-corrected chi connectivity index (χ3v) is 2.11. The maximum Gasteiger partial charge on any atom is 0.0492 e. The second kappa shape index (κ2) is 3.56. The number of rotatable bonds is 3. The summed E-state index contributed by atoms with van der Waals surface area (Å²) < 4.78 is 2.06. The van der Waals surface area contributed by atoms with E-state index < -0.39 is 0 Å². The highest BCUT2D eigenvalue weighted by molar-refractivity contribution is 4.96. The first-order chi connectivity index (χ1) is 5.24. The van der Waals surface area contributed by atoms with Crippen LogP contribution in [-0.2, 0) is 6.54 Å². The van der Waals surface area contributed by atoms with Crippen LogP contribution in [0.4, 0.5) is 0 Å². The Bertz CT molecular complexity index is 215. The molecule has 11 heavy (non-hydrogen) atoms. The monoisotopic (exact) mass is 152 g/mol. The molecule has 1 unspecified atom stereocenters. The highest BCUT2D eigenvalue weighted by atomic mass is 15.3. The number of hydrogen-bond donors (Lipinski definition) is 0. The van der Waals surface area contributed by atoms with Gasteiger partial charge in [-0.05, 0) is 18.9 Å². The van der Waals surface area contributed by atoms with Crippen molar-refractivity contribution in [2.75, 3.05) is 0 Å². The molecule has 2 heteroatoms. The van der Waals surface area contributed by atoms with Crippen molar-refractivity contribution >= 4 is 0 Å². The minimum atomic E-state index is 0.730. The molecule has 0 aromatic carbocycles. The van der Waals surface area contributed by atoms with E-state index in [1.54, 1.807) is 0 Å². The van der Waals surface area contributed by atoms with Crippen molar-refractivity contribution < 1.29 is 0 Å². The minimum Gasteiger partial charge on any atom is -0.270 e. The normalized spacial score (nSPS) is 13.4. The Morgan fingerprint density at radius 2 is 2.36 bits per heavy atom. The summed E-state index contributed by atoms with van der Waals surface area (Å²) in [4.78, 5) is 0. The van der Waals surface area contributed by atoms with E-state index in [-0.39, 0.29) is 0 Å². The van der Waals surface area contributed by atoms with Crippen molar-refractivity contribution in [1.29, 1.82) is 0 Å². The average Bonchev–Trinajstić information content (AvgIpc) is 2.37. The molecule has 0 saturated carbocycles. The van der Waals surface area contributed by atoms with Gasteiger partial charge in [0, 0.05) is 18.4 Å². The van der Waals surface area contributed by atoms with Crippen molar-refractivity contribution in [3.8, 4) is 0 Å². The fraction of sp³-hybridized carbons (Fsp3) is 0.667. The molecule has 1 rings (SSSR count). The van der Waals surface area contributed by atoms with Crippen molar-refractivity contribution in [3.05, 3.63) is 18.0 Å². The van der Waals surface area contributed by atoms with Gasteiger partial charge in [0.05, 0.1) is 0 Å². The van der Waals surface area contributed by atoms with Gasteiger partial charge in [-0.1, -0.05) is 20.3 Å². The summed E-state index contributed by atoms with van der Waals surface area (Å²) in [5.41, 5.74) is 1.25. The summed E-state index contributed by atoms with van der Waals surface area (Å²) in [6, 6.07) is 2.04. The van der Waals surface area contributed by atoms with Gasteiger partial charge < -0.3 is 0 Å². The highest BCUT2D eigenvalue weighted by Crippen LogP contribution is 2.05. The number of nitrogens with zero attached hydrogens (tertiary/aromatic N) is 2. The lowest BCUT2D eigenvalue weighted by molar-refractivity contribution is 0.433. The molecule has 1 aromatic heterocycles. The summed E-state index contributed by atoms with van der Waals surface area (Å²) >= 11 is 0. The molecule has 0 bridgehead atoms. The van der Waals surface area contributed by atoms with Crippen molar-refractivity contribution in [1.82, 2.24) is 9.78 Å². The fourth-order valence-electron chi connectivity index (χ4n) is 1.01. The van der Waals surface area contributed by atoms with E-state index in [1.807, 2.05) is 12.3 Å². The maximum atomic E-state index is 4.22. The third kappa shape index (κ3) is 2.07. The van der Waals surface area contributed by atoms with Crippen LogP contribution in [0.15, 0.2) is 12.3 Å². The third-order valence-electron chi connectivity index (χ3n) is 2.11. The number of aryl methyl sites for hydroxylation is 1. The quantitative estimate of drug-likeness (QED) is 0.649. The van der Waals surface area contributed by atoms with Crippen molar-refractivity contribution in [2.24, 2.45) is 5.92 Å². The van der Waals surface area contributed by atoms with Crippen LogP contribution in [0.25, 0.3) is 0 Å². The molecule has 0 aliphatic heterocycles. The van der Waals surface area contributed by atoms with E-state index in [0.29, 0.717) is 0 Å². The SMILES string of the molecule is CCC(C)Cn1nccc1C. The Morgan fingerprint density at radius 3 is 2.82 bits per heavy atom. The second-order valence-corrected chi connectivity index (χ2v) is 3.17. The van der Waals surface area contributed by atoms with E-state index in [4.69, 9.17) is 0 Å². The van der Waals surface area contributed by atoms with E-state index in [2.05, 4.69) is 30.6 Å². The van der Waals surface area contributed by atoms with Gasteiger partial charge in [-0.3, -0.25) is 4.68 Å². The van der Waals surface area contributed by atoms with Gasteiger partial charge in [0.2, 0.25) is 0 Å². The molecule has 1 heterocycles. The van der Waals surface area contributed by atoms with Crippen LogP contribution in [-0.4, -0.2) is 9.78 Å². The first kappa shape index (κ1) is 8.31. The molecular weight excluding hydrogens is 136 g/mol. The molecular formula is C9H16N2. The first-order valence-corrected chi connectivity index (χ1v) is 4.22. The summed E-state index contributed by atoms with van der Waals surface area (Å²) in [5, 5.41) is 4.22. The summed E-state index contributed by atoms with van der Waals surface area (Å²) in [6.07, 6.45) is 3.08. The molecule has 1 atom stereocenters. The lowest BCUT2D eigenvalue weighted by Gasteiger charge is -2.09. The number of hydrogen-bond acceptors (Lipinski definition) is 1. The van der Waals surface area contributed by atoms with Gasteiger partial charge in [0.15, 0.2) is 0 Å². The van der Waals surface area contributed by atoms with Crippen LogP contribution in [0.3, 0.4) is 0 Å². The average molecular weight is 152 g/mol. The van der Waals surface area contributed by atoms with Crippen molar-refractivity contribution in [3.63, 3.8) is 0 Å². The van der Waals surface area contributed by atoms with Gasteiger partial charge in [-0.15, -0.1) is 0 Å². The largest absolute Gasteiger partial charge is 0.270 e. The Hall–Kier alpha value is -0.790. The topological polar surface area (TPSA) is 17.8 Å². The van der Waals surface area contributed by atoms with Gasteiger partial charge in [-0.2, -0.15) is 5.10 Å². The molecule has 62 valence electrons. The molecule has 1 aromatic rings. The minimum absolute atomic E-state index is 0.730.